The molecule has 650 valence electrons. The van der Waals surface area contributed by atoms with E-state index in [-0.39, 0.29) is 269 Å². The molecule has 13 rings (SSSR count). The number of nitrogens with zero attached hydrogens (tertiary/aromatic N) is 4. The second-order valence-corrected chi connectivity index (χ2v) is 32.3. The zero-order valence-corrected chi connectivity index (χ0v) is 80.5. The zero-order valence-electron chi connectivity index (χ0n) is 69.6. The molecule has 3 aliphatic rings. The summed E-state index contributed by atoms with van der Waals surface area (Å²) in [7, 11) is 3.00. The number of aliphatic hydroxyl groups is 3. The summed E-state index contributed by atoms with van der Waals surface area (Å²) in [5, 5.41) is 109. The van der Waals surface area contributed by atoms with Crippen LogP contribution < -0.4 is 49.6 Å². The average Bonchev–Trinajstić information content (AvgIpc) is 0.800. The number of alkyl halides is 8. The van der Waals surface area contributed by atoms with Gasteiger partial charge in [-0.3, -0.25) is 20.0 Å². The fourth-order valence-electron chi connectivity index (χ4n) is 13.8. The summed E-state index contributed by atoms with van der Waals surface area (Å²) >= 11 is 38.1. The fraction of sp³-hybridized carbons (Fsp3) is 0.326. The van der Waals surface area contributed by atoms with Gasteiger partial charge in [0, 0.05) is 97.6 Å². The van der Waals surface area contributed by atoms with Gasteiger partial charge in [-0.15, -0.1) is 116 Å². The van der Waals surface area contributed by atoms with Gasteiger partial charge in [0.15, 0.2) is 0 Å². The molecule has 10 aromatic rings. The Morgan fingerprint density at radius 1 is 0.262 bits per heavy atom. The first-order valence-electron chi connectivity index (χ1n) is 38.5. The molecule has 0 atom stereocenters. The van der Waals surface area contributed by atoms with E-state index >= 15 is 0 Å². The van der Waals surface area contributed by atoms with E-state index in [2.05, 4.69) is 41.5 Å². The van der Waals surface area contributed by atoms with Crippen molar-refractivity contribution in [2.75, 3.05) is 95.3 Å². The number of fused-ring (bicyclic) bond motifs is 8. The zero-order chi connectivity index (χ0) is 87.9. The van der Waals surface area contributed by atoms with E-state index < -0.39 is 0 Å². The van der Waals surface area contributed by atoms with E-state index in [1.807, 2.05) is 170 Å². The standard InChI is InChI=1S/C88H88N4O10.4CH2Cl2.3CH4O.2Eu/c1-87(2,3)75-47-71-51-89-31-35-99-83-63-23-11-24-64(83)40-56-16-8-20-60(78(56)94)44-68-28-13-27-67(43-59-19-7-15-55(39-63)77(59)93)85(68)101-37-33-91-53-73-49-76(88(4,5)6)50-74(82(73)98)54-92-34-38-102-86-69-29-14-30-70(86)46-62-22-10-18-58(80(62)96)42-66-26-12-25-65(41-57-17-9-21-61(45-69)79(57)95)84(66)100-36-32-90-52-72(48-75)81(71)97;4*2-1-3;3*1-2;;/h7-30,47-54,93-98H,31-46H2,1-6H3;4*1H2;3*2H,1H3;;/q;;;;;;;;2*+3/p-6. The SMILES string of the molecule is CC(C)(C)c1cc2c([O-])c(c1)C=NCCOc1c3cccc1Cc1cccc(c1[O-])Cc1cccc(c1OCCN=Cc1cc(C(C)(C)C)cc(c1[O-])C=NCCOc1c4cccc1Cc1cccc(c1[O-])Cc1cccc(c1OCCN=C2)Cc1cccc(c1[O-])C4)Cc1cccc(c1[O-])C3.CO.CO.CO.ClCCl.ClCCl.ClCCl.ClCCl.[Eu+3].[Eu+3]. The molecule has 3 N–H and O–H groups in total. The van der Waals surface area contributed by atoms with Crippen LogP contribution in [0.25, 0.3) is 0 Å². The van der Waals surface area contributed by atoms with E-state index in [0.717, 1.165) is 77.0 Å². The van der Waals surface area contributed by atoms with Crippen molar-refractivity contribution in [3.8, 4) is 57.5 Å². The van der Waals surface area contributed by atoms with Crippen LogP contribution in [0.4, 0.5) is 0 Å². The van der Waals surface area contributed by atoms with E-state index in [1.165, 1.54) is 0 Å². The van der Waals surface area contributed by atoms with Crippen LogP contribution in [0.5, 0.6) is 57.5 Å². The summed E-state index contributed by atoms with van der Waals surface area (Å²) in [6.07, 6.45) is 8.43. The number of rotatable bonds is 0. The summed E-state index contributed by atoms with van der Waals surface area (Å²) < 4.78 is 26.8. The Labute approximate surface area is 839 Å². The Bertz CT molecular complexity index is 4280. The van der Waals surface area contributed by atoms with Crippen molar-refractivity contribution in [2.45, 2.75) is 104 Å². The Morgan fingerprint density at radius 3 is 0.541 bits per heavy atom. The minimum absolute atomic E-state index is 0. The van der Waals surface area contributed by atoms with Crippen LogP contribution in [0.2, 0.25) is 0 Å². The molecule has 0 aromatic heterocycles. The summed E-state index contributed by atoms with van der Waals surface area (Å²) in [6.45, 7) is 13.8. The van der Waals surface area contributed by atoms with Crippen LogP contribution in [0, 0.1) is 98.8 Å². The number of hydrogen-bond donors (Lipinski definition) is 3. The van der Waals surface area contributed by atoms with Crippen molar-refractivity contribution >= 4 is 118 Å². The number of para-hydroxylation sites is 8. The van der Waals surface area contributed by atoms with Crippen LogP contribution in [0.3, 0.4) is 0 Å². The van der Waals surface area contributed by atoms with Crippen LogP contribution in [-0.4, -0.2) is 135 Å². The predicted octanol–water partition coefficient (Wildman–Crippen LogP) is 16.9. The molecule has 0 radical (unpaired) electrons. The quantitative estimate of drug-likeness (QED) is 0.119. The number of aliphatic hydroxyl groups excluding tert-OH is 3. The van der Waals surface area contributed by atoms with Crippen LogP contribution in [0.15, 0.2) is 190 Å². The number of ether oxygens (including phenoxy) is 4. The van der Waals surface area contributed by atoms with Gasteiger partial charge in [0.1, 0.15) is 49.4 Å². The van der Waals surface area contributed by atoms with Gasteiger partial charge < -0.3 is 64.9 Å². The first-order valence-corrected chi connectivity index (χ1v) is 42.8. The van der Waals surface area contributed by atoms with Crippen LogP contribution in [0.1, 0.15) is 164 Å². The third-order valence-electron chi connectivity index (χ3n) is 19.3. The summed E-state index contributed by atoms with van der Waals surface area (Å²) in [4.78, 5) is 19.0. The maximum Gasteiger partial charge on any atom is 3.00 e. The van der Waals surface area contributed by atoms with Crippen molar-refractivity contribution < 1.29 is 164 Å². The first-order chi connectivity index (χ1) is 58.0. The van der Waals surface area contributed by atoms with Gasteiger partial charge in [0.05, 0.1) is 47.5 Å². The van der Waals surface area contributed by atoms with Gasteiger partial charge >= 0.3 is 98.8 Å². The third kappa shape index (κ3) is 31.9. The molecule has 0 fully saturated rings. The van der Waals surface area contributed by atoms with Gasteiger partial charge in [0.2, 0.25) is 0 Å². The number of hydrogen-bond acceptors (Lipinski definition) is 17. The molecule has 0 saturated carbocycles. The molecule has 0 unspecified atom stereocenters. The topological polar surface area (TPSA) is 285 Å². The monoisotopic (exact) mass is 2090 g/mol. The van der Waals surface area contributed by atoms with E-state index in [4.69, 9.17) is 147 Å². The Kier molecular flexibility index (Phi) is 50.9. The van der Waals surface area contributed by atoms with Crippen molar-refractivity contribution in [1.29, 1.82) is 0 Å². The molecule has 0 saturated heterocycles. The summed E-state index contributed by atoms with van der Waals surface area (Å²) in [5.74, 6) is 1.40. The van der Waals surface area contributed by atoms with Crippen molar-refractivity contribution in [3.63, 3.8) is 0 Å². The molecule has 122 heavy (non-hydrogen) atoms. The second-order valence-electron chi connectivity index (χ2n) is 29.1. The molecular weight excluding hydrogens is 1990 g/mol. The maximum absolute atomic E-state index is 14.7. The van der Waals surface area contributed by atoms with Gasteiger partial charge in [-0.05, 0) is 88.7 Å². The van der Waals surface area contributed by atoms with Crippen LogP contribution >= 0.6 is 92.8 Å². The van der Waals surface area contributed by atoms with Gasteiger partial charge in [-0.1, -0.05) is 267 Å². The summed E-state index contributed by atoms with van der Waals surface area (Å²) in [5.41, 5.74) is 13.6. The van der Waals surface area contributed by atoms with Gasteiger partial charge in [-0.25, -0.2) is 0 Å². The minimum Gasteiger partial charge on any atom is -0.872 e. The molecule has 0 spiro atoms. The van der Waals surface area contributed by atoms with Crippen LogP contribution in [-0.2, 0) is 62.2 Å². The normalized spacial score (nSPS) is 13.0. The Balaban J connectivity index is 0.00000145. The molecule has 0 amide bonds. The molecule has 17 nitrogen and oxygen atoms in total. The number of benzene rings is 10. The third-order valence-corrected chi connectivity index (χ3v) is 19.3. The van der Waals surface area contributed by atoms with E-state index in [9.17, 15) is 30.6 Å². The van der Waals surface area contributed by atoms with Crippen molar-refractivity contribution in [1.82, 2.24) is 0 Å². The Hall–Kier alpha value is -5.75. The fourth-order valence-corrected chi connectivity index (χ4v) is 13.8. The number of aliphatic imine (C=N–C) groups is 4. The molecule has 1 aliphatic heterocycles. The summed E-state index contributed by atoms with van der Waals surface area (Å²) in [6, 6.07) is 53.2. The number of halogens is 8. The van der Waals surface area contributed by atoms with Crippen molar-refractivity contribution in [2.24, 2.45) is 20.0 Å². The smallest absolute Gasteiger partial charge is 0.872 e. The van der Waals surface area contributed by atoms with Gasteiger partial charge in [0.25, 0.3) is 0 Å². The van der Waals surface area contributed by atoms with Crippen molar-refractivity contribution in [3.05, 3.63) is 292 Å². The maximum atomic E-state index is 14.7. The molecule has 27 heteroatoms. The van der Waals surface area contributed by atoms with E-state index in [1.54, 1.807) is 24.9 Å². The molecular formula is C95H102Cl8Eu2N4O13. The second kappa shape index (κ2) is 57.1. The van der Waals surface area contributed by atoms with Gasteiger partial charge in [-0.2, -0.15) is 0 Å². The molecule has 10 aromatic carbocycles. The Morgan fingerprint density at radius 2 is 0.402 bits per heavy atom. The predicted molar refractivity (Wildman–Crippen MR) is 483 cm³/mol. The largest absolute Gasteiger partial charge is 3.00 e. The first kappa shape index (κ1) is 109. The molecule has 2 aliphatic carbocycles. The minimum atomic E-state index is -0.337. The molecule has 1 heterocycles. The molecule has 24 bridgehead atoms. The average molecular weight is 2100 g/mol. The van der Waals surface area contributed by atoms with E-state index in [0.29, 0.717) is 89.8 Å².